The Bertz CT molecular complexity index is 354. The van der Waals surface area contributed by atoms with Crippen molar-refractivity contribution < 1.29 is 4.39 Å². The van der Waals surface area contributed by atoms with E-state index in [4.69, 9.17) is 0 Å². The highest BCUT2D eigenvalue weighted by atomic mass is 19.1. The normalized spacial score (nSPS) is 38.3. The Morgan fingerprint density at radius 2 is 2.38 bits per heavy atom. The van der Waals surface area contributed by atoms with Gasteiger partial charge >= 0.3 is 0 Å². The Kier molecular flexibility index (Phi) is 2.39. The first kappa shape index (κ1) is 10.1. The first-order valence-electron chi connectivity index (χ1n) is 5.98. The van der Waals surface area contributed by atoms with Crippen LogP contribution in [0.25, 0.3) is 0 Å². The van der Waals surface area contributed by atoms with Crippen LogP contribution in [-0.4, -0.2) is 22.8 Å². The van der Waals surface area contributed by atoms with Crippen molar-refractivity contribution >= 4 is 0 Å². The third kappa shape index (κ3) is 1.61. The summed E-state index contributed by atoms with van der Waals surface area (Å²) < 4.78 is 14.8. The van der Waals surface area contributed by atoms with Gasteiger partial charge in [-0.15, -0.1) is 0 Å². The number of aromatic nitrogens is 2. The number of hydrogen-bond acceptors (Lipinski definition) is 3. The molecule has 2 heterocycles. The maximum atomic E-state index is 14.8. The zero-order chi connectivity index (χ0) is 11.0. The lowest BCUT2D eigenvalue weighted by Gasteiger charge is -2.25. The Morgan fingerprint density at radius 3 is 3.12 bits per heavy atom. The molecule has 0 amide bonds. The molecule has 86 valence electrons. The van der Waals surface area contributed by atoms with E-state index in [9.17, 15) is 4.39 Å². The van der Waals surface area contributed by atoms with E-state index in [1.54, 1.807) is 18.3 Å². The molecule has 16 heavy (non-hydrogen) atoms. The lowest BCUT2D eigenvalue weighted by Crippen LogP contribution is -2.37. The molecule has 4 heteroatoms. The van der Waals surface area contributed by atoms with Gasteiger partial charge in [-0.25, -0.2) is 4.39 Å². The van der Waals surface area contributed by atoms with Crippen LogP contribution >= 0.6 is 0 Å². The van der Waals surface area contributed by atoms with Gasteiger partial charge in [-0.1, -0.05) is 0 Å². The summed E-state index contributed by atoms with van der Waals surface area (Å²) in [6, 6.07) is 3.85. The second-order valence-electron chi connectivity index (χ2n) is 4.95. The number of piperidine rings is 1. The number of halogens is 1. The van der Waals surface area contributed by atoms with Crippen LogP contribution in [0.4, 0.5) is 4.39 Å². The summed E-state index contributed by atoms with van der Waals surface area (Å²) in [6.07, 6.45) is 5.05. The van der Waals surface area contributed by atoms with Gasteiger partial charge in [0.1, 0.15) is 5.69 Å². The minimum absolute atomic E-state index is 0.334. The molecule has 1 aromatic rings. The number of nitrogens with one attached hydrogen (secondary N) is 1. The maximum Gasteiger partial charge on any atom is 0.156 e. The van der Waals surface area contributed by atoms with E-state index >= 15 is 0 Å². The van der Waals surface area contributed by atoms with Crippen molar-refractivity contribution in [3.05, 3.63) is 24.0 Å². The number of rotatable bonds is 1. The molecule has 1 saturated carbocycles. The molecule has 3 unspecified atom stereocenters. The number of fused-ring (bicyclic) bond motifs is 1. The average molecular weight is 221 g/mol. The highest BCUT2D eigenvalue weighted by Crippen LogP contribution is 2.47. The van der Waals surface area contributed by atoms with Gasteiger partial charge in [-0.05, 0) is 43.9 Å². The molecule has 0 radical (unpaired) electrons. The van der Waals surface area contributed by atoms with Crippen molar-refractivity contribution in [2.75, 3.05) is 6.54 Å². The standard InChI is InChI=1S/C12H16FN3/c13-12(11-4-2-6-15-16-11)7-9-3-1-5-14-10(9)8-12/h2,4,6,9-10,14H,1,3,5,7-8H2. The van der Waals surface area contributed by atoms with Crippen molar-refractivity contribution in [2.24, 2.45) is 5.92 Å². The highest BCUT2D eigenvalue weighted by Gasteiger charge is 2.48. The summed E-state index contributed by atoms with van der Waals surface area (Å²) in [4.78, 5) is 0. The van der Waals surface area contributed by atoms with Gasteiger partial charge in [0.2, 0.25) is 0 Å². The molecule has 1 aromatic heterocycles. The van der Waals surface area contributed by atoms with E-state index in [1.165, 1.54) is 0 Å². The van der Waals surface area contributed by atoms with Crippen LogP contribution in [0.5, 0.6) is 0 Å². The van der Waals surface area contributed by atoms with Crippen LogP contribution < -0.4 is 5.32 Å². The third-order valence-corrected chi connectivity index (χ3v) is 3.89. The summed E-state index contributed by atoms with van der Waals surface area (Å²) in [6.45, 7) is 1.03. The first-order valence-corrected chi connectivity index (χ1v) is 5.98. The first-order chi connectivity index (χ1) is 7.78. The Balaban J connectivity index is 1.85. The molecule has 0 spiro atoms. The number of alkyl halides is 1. The van der Waals surface area contributed by atoms with Crippen molar-refractivity contribution in [1.82, 2.24) is 15.5 Å². The fourth-order valence-corrected chi connectivity index (χ4v) is 3.10. The van der Waals surface area contributed by atoms with Crippen molar-refractivity contribution in [3.63, 3.8) is 0 Å². The summed E-state index contributed by atoms with van der Waals surface area (Å²) in [5.41, 5.74) is -0.757. The van der Waals surface area contributed by atoms with E-state index in [-0.39, 0.29) is 0 Å². The Labute approximate surface area is 94.5 Å². The van der Waals surface area contributed by atoms with Gasteiger partial charge < -0.3 is 5.32 Å². The molecular formula is C12H16FN3. The van der Waals surface area contributed by atoms with E-state index in [2.05, 4.69) is 15.5 Å². The van der Waals surface area contributed by atoms with E-state index in [0.717, 1.165) is 19.4 Å². The minimum atomic E-state index is -1.26. The predicted molar refractivity (Wildman–Crippen MR) is 58.6 cm³/mol. The lowest BCUT2D eigenvalue weighted by atomic mass is 9.93. The average Bonchev–Trinajstić information content (AvgIpc) is 2.68. The molecule has 1 saturated heterocycles. The minimum Gasteiger partial charge on any atom is -0.314 e. The molecule has 0 bridgehead atoms. The second-order valence-corrected chi connectivity index (χ2v) is 4.95. The summed E-state index contributed by atoms with van der Waals surface area (Å²) in [7, 11) is 0. The van der Waals surface area contributed by atoms with Crippen LogP contribution in [0.15, 0.2) is 18.3 Å². The fourth-order valence-electron chi connectivity index (χ4n) is 3.10. The molecule has 3 atom stereocenters. The van der Waals surface area contributed by atoms with E-state index in [1.807, 2.05) is 0 Å². The van der Waals surface area contributed by atoms with Gasteiger partial charge in [-0.2, -0.15) is 10.2 Å². The molecule has 0 aromatic carbocycles. The SMILES string of the molecule is FC1(c2cccnn2)CC2CCCNC2C1. The van der Waals surface area contributed by atoms with Crippen LogP contribution in [0, 0.1) is 5.92 Å². The smallest absolute Gasteiger partial charge is 0.156 e. The van der Waals surface area contributed by atoms with Crippen molar-refractivity contribution in [1.29, 1.82) is 0 Å². The highest BCUT2D eigenvalue weighted by molar-refractivity contribution is 5.16. The topological polar surface area (TPSA) is 37.8 Å². The number of nitrogens with zero attached hydrogens (tertiary/aromatic N) is 2. The second kappa shape index (κ2) is 3.77. The molecular weight excluding hydrogens is 205 g/mol. The van der Waals surface area contributed by atoms with Gasteiger partial charge in [0.25, 0.3) is 0 Å². The quantitative estimate of drug-likeness (QED) is 0.785. The summed E-state index contributed by atoms with van der Waals surface area (Å²) >= 11 is 0. The molecule has 1 aliphatic carbocycles. The van der Waals surface area contributed by atoms with E-state index in [0.29, 0.717) is 30.5 Å². The molecule has 1 N–H and O–H groups in total. The van der Waals surface area contributed by atoms with Gasteiger partial charge in [-0.3, -0.25) is 0 Å². The molecule has 2 aliphatic rings. The maximum absolute atomic E-state index is 14.8. The monoisotopic (exact) mass is 221 g/mol. The largest absolute Gasteiger partial charge is 0.314 e. The Hall–Kier alpha value is -1.03. The van der Waals surface area contributed by atoms with Gasteiger partial charge in [0.15, 0.2) is 5.67 Å². The zero-order valence-electron chi connectivity index (χ0n) is 9.19. The van der Waals surface area contributed by atoms with Gasteiger partial charge in [0.05, 0.1) is 0 Å². The predicted octanol–water partition coefficient (Wildman–Crippen LogP) is 1.80. The number of hydrogen-bond donors (Lipinski definition) is 1. The van der Waals surface area contributed by atoms with Crippen LogP contribution in [-0.2, 0) is 5.67 Å². The van der Waals surface area contributed by atoms with Gasteiger partial charge in [0, 0.05) is 18.7 Å². The van der Waals surface area contributed by atoms with Crippen LogP contribution in [0.2, 0.25) is 0 Å². The van der Waals surface area contributed by atoms with Crippen LogP contribution in [0.3, 0.4) is 0 Å². The molecule has 2 fully saturated rings. The zero-order valence-corrected chi connectivity index (χ0v) is 9.19. The van der Waals surface area contributed by atoms with E-state index < -0.39 is 5.67 Å². The Morgan fingerprint density at radius 1 is 1.44 bits per heavy atom. The van der Waals surface area contributed by atoms with Crippen molar-refractivity contribution in [2.45, 2.75) is 37.4 Å². The van der Waals surface area contributed by atoms with Crippen LogP contribution in [0.1, 0.15) is 31.4 Å². The molecule has 1 aliphatic heterocycles. The summed E-state index contributed by atoms with van der Waals surface area (Å²) in [5.74, 6) is 0.473. The third-order valence-electron chi connectivity index (χ3n) is 3.89. The summed E-state index contributed by atoms with van der Waals surface area (Å²) in [5, 5.41) is 11.1. The lowest BCUT2D eigenvalue weighted by molar-refractivity contribution is 0.158. The fraction of sp³-hybridized carbons (Fsp3) is 0.667. The molecule has 3 nitrogen and oxygen atoms in total. The molecule has 3 rings (SSSR count). The van der Waals surface area contributed by atoms with Crippen molar-refractivity contribution in [3.8, 4) is 0 Å².